The second kappa shape index (κ2) is 9.38. The zero-order chi connectivity index (χ0) is 24.5. The van der Waals surface area contributed by atoms with Gasteiger partial charge in [0.05, 0.1) is 30.3 Å². The van der Waals surface area contributed by atoms with Gasteiger partial charge >= 0.3 is 0 Å². The van der Waals surface area contributed by atoms with E-state index in [4.69, 9.17) is 9.47 Å². The number of methoxy groups -OCH3 is 1. The van der Waals surface area contributed by atoms with Crippen molar-refractivity contribution in [2.75, 3.05) is 18.0 Å². The summed E-state index contributed by atoms with van der Waals surface area (Å²) in [5.41, 5.74) is 3.08. The molecule has 0 spiro atoms. The Kier molecular flexibility index (Phi) is 6.52. The van der Waals surface area contributed by atoms with E-state index in [1.165, 1.54) is 4.31 Å². The quantitative estimate of drug-likeness (QED) is 0.573. The summed E-state index contributed by atoms with van der Waals surface area (Å²) in [7, 11) is -2.34. The average Bonchev–Trinajstić information content (AvgIpc) is 2.83. The van der Waals surface area contributed by atoms with Crippen molar-refractivity contribution in [2.24, 2.45) is 0 Å². The number of ether oxygens (including phenoxy) is 2. The van der Waals surface area contributed by atoms with Crippen LogP contribution in [0.5, 0.6) is 11.5 Å². The molecule has 0 fully saturated rings. The number of amides is 1. The van der Waals surface area contributed by atoms with Crippen LogP contribution in [0.25, 0.3) is 0 Å². The highest BCUT2D eigenvalue weighted by molar-refractivity contribution is 7.92. The van der Waals surface area contributed by atoms with Crippen LogP contribution in [0, 0.1) is 13.8 Å². The second-order valence-corrected chi connectivity index (χ2v) is 10.3. The summed E-state index contributed by atoms with van der Waals surface area (Å²) in [6.45, 7) is 5.48. The van der Waals surface area contributed by atoms with E-state index in [0.29, 0.717) is 17.2 Å². The number of sulfonamides is 1. The Morgan fingerprint density at radius 1 is 1.06 bits per heavy atom. The molecule has 178 valence electrons. The van der Waals surface area contributed by atoms with Crippen LogP contribution in [0.2, 0.25) is 0 Å². The van der Waals surface area contributed by atoms with Crippen molar-refractivity contribution in [1.82, 2.24) is 5.32 Å². The maximum Gasteiger partial charge on any atom is 0.264 e. The molecule has 0 aromatic heterocycles. The van der Waals surface area contributed by atoms with E-state index in [1.807, 2.05) is 51.1 Å². The molecule has 0 radical (unpaired) electrons. The lowest BCUT2D eigenvalue weighted by Crippen LogP contribution is -2.51. The number of fused-ring (bicyclic) bond motifs is 1. The summed E-state index contributed by atoms with van der Waals surface area (Å²) >= 11 is 0. The van der Waals surface area contributed by atoms with Crippen LogP contribution in [-0.2, 0) is 14.8 Å². The smallest absolute Gasteiger partial charge is 0.264 e. The molecule has 1 heterocycles. The number of hydrogen-bond acceptors (Lipinski definition) is 5. The second-order valence-electron chi connectivity index (χ2n) is 8.40. The molecule has 1 N–H and O–H groups in total. The minimum atomic E-state index is -3.91. The molecule has 0 bridgehead atoms. The van der Waals surface area contributed by atoms with Gasteiger partial charge in [-0.1, -0.05) is 42.0 Å². The van der Waals surface area contributed by atoms with Gasteiger partial charge in [-0.2, -0.15) is 0 Å². The number of aryl methyl sites for hydroxylation is 2. The molecule has 1 aliphatic rings. The Balaban J connectivity index is 1.65. The summed E-state index contributed by atoms with van der Waals surface area (Å²) < 4.78 is 39.8. The minimum Gasteiger partial charge on any atom is -0.496 e. The number of carbonyl (C=O) groups is 1. The predicted molar refractivity (Wildman–Crippen MR) is 131 cm³/mol. The van der Waals surface area contributed by atoms with Crippen LogP contribution < -0.4 is 19.1 Å². The van der Waals surface area contributed by atoms with Gasteiger partial charge in [-0.05, 0) is 56.7 Å². The van der Waals surface area contributed by atoms with Crippen molar-refractivity contribution in [1.29, 1.82) is 0 Å². The fraction of sp³-hybridized carbons (Fsp3) is 0.269. The van der Waals surface area contributed by atoms with Crippen molar-refractivity contribution in [2.45, 2.75) is 37.8 Å². The summed E-state index contributed by atoms with van der Waals surface area (Å²) in [5.74, 6) is 0.603. The van der Waals surface area contributed by atoms with Crippen LogP contribution in [0.3, 0.4) is 0 Å². The molecule has 1 aliphatic heterocycles. The van der Waals surface area contributed by atoms with Crippen LogP contribution >= 0.6 is 0 Å². The minimum absolute atomic E-state index is 0.142. The Labute approximate surface area is 200 Å². The number of nitrogens with one attached hydrogen (secondary N) is 1. The van der Waals surface area contributed by atoms with Crippen molar-refractivity contribution in [3.63, 3.8) is 0 Å². The zero-order valence-corrected chi connectivity index (χ0v) is 20.4. The topological polar surface area (TPSA) is 84.9 Å². The Morgan fingerprint density at radius 3 is 2.44 bits per heavy atom. The first-order valence-electron chi connectivity index (χ1n) is 11.0. The van der Waals surface area contributed by atoms with E-state index >= 15 is 0 Å². The third-order valence-electron chi connectivity index (χ3n) is 5.85. The number of rotatable bonds is 6. The number of carbonyl (C=O) groups excluding carboxylic acids is 1. The maximum atomic E-state index is 13.6. The van der Waals surface area contributed by atoms with Crippen LogP contribution in [0.15, 0.2) is 71.6 Å². The summed E-state index contributed by atoms with van der Waals surface area (Å²) in [5, 5.41) is 2.94. The standard InChI is InChI=1S/C26H28N2O5S/c1-17-9-12-20(13-10-17)34(30,31)28-16-25(33-24-15-18(2)11-14-22(24)28)26(29)27-19(3)21-7-5-6-8-23(21)32-4/h5-15,19,25H,16H2,1-4H3,(H,27,29). The van der Waals surface area contributed by atoms with Gasteiger partial charge in [-0.3, -0.25) is 9.10 Å². The summed E-state index contributed by atoms with van der Waals surface area (Å²) in [6.07, 6.45) is -1.02. The monoisotopic (exact) mass is 480 g/mol. The molecule has 1 amide bonds. The molecule has 0 aliphatic carbocycles. The van der Waals surface area contributed by atoms with Crippen LogP contribution in [0.1, 0.15) is 29.7 Å². The normalized spacial score (nSPS) is 16.2. The molecule has 3 aromatic carbocycles. The van der Waals surface area contributed by atoms with Gasteiger partial charge in [-0.15, -0.1) is 0 Å². The van der Waals surface area contributed by atoms with E-state index in [9.17, 15) is 13.2 Å². The Bertz CT molecular complexity index is 1310. The first-order valence-corrected chi connectivity index (χ1v) is 12.4. The van der Waals surface area contributed by atoms with Crippen molar-refractivity contribution in [3.8, 4) is 11.5 Å². The first-order chi connectivity index (χ1) is 16.2. The van der Waals surface area contributed by atoms with Crippen LogP contribution in [-0.4, -0.2) is 34.1 Å². The SMILES string of the molecule is COc1ccccc1C(C)NC(=O)C1CN(S(=O)(=O)c2ccc(C)cc2)c2ccc(C)cc2O1. The Hall–Kier alpha value is -3.52. The fourth-order valence-corrected chi connectivity index (χ4v) is 5.45. The molecule has 3 aromatic rings. The van der Waals surface area contributed by atoms with Crippen molar-refractivity contribution >= 4 is 21.6 Å². The molecule has 2 unspecified atom stereocenters. The highest BCUT2D eigenvalue weighted by Crippen LogP contribution is 2.38. The average molecular weight is 481 g/mol. The highest BCUT2D eigenvalue weighted by Gasteiger charge is 2.38. The molecule has 0 saturated carbocycles. The molecule has 34 heavy (non-hydrogen) atoms. The van der Waals surface area contributed by atoms with Gasteiger partial charge in [0.15, 0.2) is 6.10 Å². The van der Waals surface area contributed by atoms with Crippen molar-refractivity contribution in [3.05, 3.63) is 83.4 Å². The predicted octanol–water partition coefficient (Wildman–Crippen LogP) is 4.15. The fourth-order valence-electron chi connectivity index (χ4n) is 3.97. The van der Waals surface area contributed by atoms with E-state index in [2.05, 4.69) is 5.32 Å². The lowest BCUT2D eigenvalue weighted by atomic mass is 10.1. The van der Waals surface area contributed by atoms with Crippen LogP contribution in [0.4, 0.5) is 5.69 Å². The lowest BCUT2D eigenvalue weighted by molar-refractivity contribution is -0.128. The number of para-hydroxylation sites is 1. The van der Waals surface area contributed by atoms with Gasteiger partial charge < -0.3 is 14.8 Å². The van der Waals surface area contributed by atoms with E-state index in [-0.39, 0.29) is 17.5 Å². The number of hydrogen-bond donors (Lipinski definition) is 1. The van der Waals surface area contributed by atoms with Gasteiger partial charge in [0.25, 0.3) is 15.9 Å². The number of benzene rings is 3. The first kappa shape index (κ1) is 23.6. The lowest BCUT2D eigenvalue weighted by Gasteiger charge is -2.35. The third kappa shape index (κ3) is 4.59. The molecule has 0 saturated heterocycles. The van der Waals surface area contributed by atoms with E-state index in [0.717, 1.165) is 16.7 Å². The zero-order valence-electron chi connectivity index (χ0n) is 19.6. The Morgan fingerprint density at radius 2 is 1.74 bits per heavy atom. The molecule has 2 atom stereocenters. The van der Waals surface area contributed by atoms with Gasteiger partial charge in [0, 0.05) is 5.56 Å². The molecular weight excluding hydrogens is 452 g/mol. The maximum absolute atomic E-state index is 13.6. The molecule has 7 nitrogen and oxygen atoms in total. The van der Waals surface area contributed by atoms with E-state index in [1.54, 1.807) is 43.5 Å². The largest absolute Gasteiger partial charge is 0.496 e. The van der Waals surface area contributed by atoms with Gasteiger partial charge in [-0.25, -0.2) is 8.42 Å². The number of anilines is 1. The summed E-state index contributed by atoms with van der Waals surface area (Å²) in [6, 6.07) is 19.0. The van der Waals surface area contributed by atoms with E-state index < -0.39 is 22.0 Å². The van der Waals surface area contributed by atoms with Gasteiger partial charge in [0.2, 0.25) is 0 Å². The third-order valence-corrected chi connectivity index (χ3v) is 7.64. The molecule has 4 rings (SSSR count). The summed E-state index contributed by atoms with van der Waals surface area (Å²) in [4.78, 5) is 13.4. The highest BCUT2D eigenvalue weighted by atomic mass is 32.2. The molecular formula is C26H28N2O5S. The van der Waals surface area contributed by atoms with Crippen molar-refractivity contribution < 1.29 is 22.7 Å². The number of nitrogens with zero attached hydrogens (tertiary/aromatic N) is 1. The van der Waals surface area contributed by atoms with Gasteiger partial charge in [0.1, 0.15) is 11.5 Å². The molecule has 8 heteroatoms.